The Morgan fingerprint density at radius 2 is 1.74 bits per heavy atom. The highest BCUT2D eigenvalue weighted by Crippen LogP contribution is 2.30. The first-order valence-corrected chi connectivity index (χ1v) is 6.77. The summed E-state index contributed by atoms with van der Waals surface area (Å²) >= 11 is 3.44. The molecule has 19 heavy (non-hydrogen) atoms. The minimum atomic E-state index is 0.850. The molecule has 0 aliphatic rings. The molecular formula is C16H12BrNO. The molecule has 0 atom stereocenters. The minimum Gasteiger partial charge on any atom is -0.496 e. The van der Waals surface area contributed by atoms with Gasteiger partial charge in [-0.1, -0.05) is 40.2 Å². The lowest BCUT2D eigenvalue weighted by atomic mass is 10.1. The Morgan fingerprint density at radius 3 is 2.47 bits per heavy atom. The molecule has 0 N–H and O–H groups in total. The third-order valence-electron chi connectivity index (χ3n) is 3.04. The maximum atomic E-state index is 5.46. The first-order valence-electron chi connectivity index (χ1n) is 5.97. The number of hydrogen-bond acceptors (Lipinski definition) is 2. The molecule has 94 valence electrons. The Labute approximate surface area is 120 Å². The van der Waals surface area contributed by atoms with Gasteiger partial charge < -0.3 is 4.74 Å². The number of rotatable bonds is 2. The van der Waals surface area contributed by atoms with E-state index in [1.54, 1.807) is 7.11 Å². The fourth-order valence-corrected chi connectivity index (χ4v) is 2.35. The number of para-hydroxylation sites is 1. The first-order chi connectivity index (χ1) is 9.28. The number of ether oxygens (including phenoxy) is 1. The molecule has 0 aliphatic heterocycles. The van der Waals surface area contributed by atoms with Gasteiger partial charge in [0.2, 0.25) is 0 Å². The van der Waals surface area contributed by atoms with Gasteiger partial charge in [0.1, 0.15) is 5.75 Å². The maximum Gasteiger partial charge on any atom is 0.130 e. The zero-order valence-electron chi connectivity index (χ0n) is 10.4. The zero-order valence-corrected chi connectivity index (χ0v) is 12.0. The molecular weight excluding hydrogens is 302 g/mol. The summed E-state index contributed by atoms with van der Waals surface area (Å²) in [5.74, 6) is 0.850. The number of methoxy groups -OCH3 is 1. The third-order valence-corrected chi connectivity index (χ3v) is 3.57. The number of benzene rings is 2. The lowest BCUT2D eigenvalue weighted by molar-refractivity contribution is 0.419. The molecule has 3 aromatic rings. The van der Waals surface area contributed by atoms with Gasteiger partial charge >= 0.3 is 0 Å². The van der Waals surface area contributed by atoms with E-state index in [-0.39, 0.29) is 0 Å². The van der Waals surface area contributed by atoms with Crippen molar-refractivity contribution in [1.82, 2.24) is 4.98 Å². The van der Waals surface area contributed by atoms with Gasteiger partial charge in [0, 0.05) is 21.5 Å². The number of hydrogen-bond donors (Lipinski definition) is 0. The molecule has 1 aromatic heterocycles. The van der Waals surface area contributed by atoms with Crippen LogP contribution in [0.15, 0.2) is 59.1 Å². The number of pyridine rings is 1. The molecule has 0 saturated heterocycles. The Morgan fingerprint density at radius 1 is 1.00 bits per heavy atom. The molecule has 2 nitrogen and oxygen atoms in total. The summed E-state index contributed by atoms with van der Waals surface area (Å²) in [5, 5.41) is 1.03. The summed E-state index contributed by atoms with van der Waals surface area (Å²) in [6, 6.07) is 18.1. The van der Waals surface area contributed by atoms with Crippen LogP contribution in [-0.2, 0) is 0 Å². The molecule has 0 fully saturated rings. The number of halogens is 1. The molecule has 0 spiro atoms. The molecule has 3 rings (SSSR count). The highest BCUT2D eigenvalue weighted by molar-refractivity contribution is 9.10. The molecule has 2 aromatic carbocycles. The quantitative estimate of drug-likeness (QED) is 0.685. The average molecular weight is 314 g/mol. The normalized spacial score (nSPS) is 10.6. The van der Waals surface area contributed by atoms with Crippen LogP contribution in [0.2, 0.25) is 0 Å². The van der Waals surface area contributed by atoms with Crippen LogP contribution >= 0.6 is 15.9 Å². The summed E-state index contributed by atoms with van der Waals surface area (Å²) in [5.41, 5.74) is 2.94. The lowest BCUT2D eigenvalue weighted by Crippen LogP contribution is -1.90. The number of aromatic nitrogens is 1. The zero-order chi connectivity index (χ0) is 13.2. The van der Waals surface area contributed by atoms with Crippen LogP contribution < -0.4 is 4.74 Å². The van der Waals surface area contributed by atoms with E-state index in [2.05, 4.69) is 20.9 Å². The largest absolute Gasteiger partial charge is 0.496 e. The molecule has 0 aliphatic carbocycles. The summed E-state index contributed by atoms with van der Waals surface area (Å²) in [4.78, 5) is 4.69. The average Bonchev–Trinajstić information content (AvgIpc) is 2.47. The summed E-state index contributed by atoms with van der Waals surface area (Å²) in [6.45, 7) is 0. The van der Waals surface area contributed by atoms with Crippen molar-refractivity contribution in [3.8, 4) is 17.0 Å². The lowest BCUT2D eigenvalue weighted by Gasteiger charge is -2.08. The Kier molecular flexibility index (Phi) is 3.22. The topological polar surface area (TPSA) is 22.1 Å². The van der Waals surface area contributed by atoms with Crippen molar-refractivity contribution in [3.63, 3.8) is 0 Å². The predicted octanol–water partition coefficient (Wildman–Crippen LogP) is 4.67. The minimum absolute atomic E-state index is 0.850. The van der Waals surface area contributed by atoms with E-state index in [9.17, 15) is 0 Å². The Balaban J connectivity index is 2.22. The van der Waals surface area contributed by atoms with E-state index in [1.807, 2.05) is 54.6 Å². The van der Waals surface area contributed by atoms with Gasteiger partial charge in [0.05, 0.1) is 18.3 Å². The van der Waals surface area contributed by atoms with E-state index >= 15 is 0 Å². The van der Waals surface area contributed by atoms with Crippen molar-refractivity contribution in [2.75, 3.05) is 7.11 Å². The van der Waals surface area contributed by atoms with Crippen LogP contribution in [0.3, 0.4) is 0 Å². The van der Waals surface area contributed by atoms with Crippen LogP contribution in [0, 0.1) is 0 Å². The van der Waals surface area contributed by atoms with E-state index < -0.39 is 0 Å². The van der Waals surface area contributed by atoms with Crippen molar-refractivity contribution in [2.45, 2.75) is 0 Å². The highest BCUT2D eigenvalue weighted by Gasteiger charge is 2.07. The van der Waals surface area contributed by atoms with Crippen LogP contribution in [0.4, 0.5) is 0 Å². The molecule has 0 unspecified atom stereocenters. The summed E-state index contributed by atoms with van der Waals surface area (Å²) in [6.07, 6.45) is 0. The first kappa shape index (κ1) is 12.2. The fourth-order valence-electron chi connectivity index (χ4n) is 2.08. The van der Waals surface area contributed by atoms with Gasteiger partial charge in [-0.2, -0.15) is 0 Å². The van der Waals surface area contributed by atoms with Gasteiger partial charge in [-0.15, -0.1) is 0 Å². The third kappa shape index (κ3) is 2.34. The van der Waals surface area contributed by atoms with Crippen molar-refractivity contribution in [1.29, 1.82) is 0 Å². The second kappa shape index (κ2) is 5.02. The predicted molar refractivity (Wildman–Crippen MR) is 81.4 cm³/mol. The van der Waals surface area contributed by atoms with Crippen LogP contribution in [0.5, 0.6) is 5.75 Å². The second-order valence-corrected chi connectivity index (χ2v) is 5.15. The summed E-state index contributed by atoms with van der Waals surface area (Å²) in [7, 11) is 1.69. The smallest absolute Gasteiger partial charge is 0.130 e. The number of fused-ring (bicyclic) bond motifs is 1. The van der Waals surface area contributed by atoms with E-state index in [1.165, 1.54) is 0 Å². The second-order valence-electron chi connectivity index (χ2n) is 4.23. The summed E-state index contributed by atoms with van der Waals surface area (Å²) < 4.78 is 6.52. The van der Waals surface area contributed by atoms with Crippen molar-refractivity contribution < 1.29 is 4.74 Å². The van der Waals surface area contributed by atoms with Crippen molar-refractivity contribution >= 4 is 26.8 Å². The van der Waals surface area contributed by atoms with E-state index in [0.29, 0.717) is 0 Å². The molecule has 0 saturated carbocycles. The van der Waals surface area contributed by atoms with E-state index in [0.717, 1.165) is 32.4 Å². The molecule has 0 amide bonds. The van der Waals surface area contributed by atoms with Gasteiger partial charge in [-0.05, 0) is 24.3 Å². The number of nitrogens with zero attached hydrogens (tertiary/aromatic N) is 1. The molecule has 1 heterocycles. The van der Waals surface area contributed by atoms with E-state index in [4.69, 9.17) is 4.74 Å². The van der Waals surface area contributed by atoms with Gasteiger partial charge in [0.15, 0.2) is 0 Å². The van der Waals surface area contributed by atoms with Gasteiger partial charge in [-0.3, -0.25) is 0 Å². The molecule has 0 bridgehead atoms. The van der Waals surface area contributed by atoms with Crippen molar-refractivity contribution in [2.24, 2.45) is 0 Å². The van der Waals surface area contributed by atoms with Gasteiger partial charge in [0.25, 0.3) is 0 Å². The van der Waals surface area contributed by atoms with Crippen LogP contribution in [0.1, 0.15) is 0 Å². The van der Waals surface area contributed by atoms with Crippen LogP contribution in [0.25, 0.3) is 22.2 Å². The van der Waals surface area contributed by atoms with Gasteiger partial charge in [-0.25, -0.2) is 4.98 Å². The standard InChI is InChI=1S/C16H12BrNO/c1-19-16-10-15(11-6-8-12(17)9-7-11)18-14-5-3-2-4-13(14)16/h2-10H,1H3. The molecule has 3 heteroatoms. The SMILES string of the molecule is COc1cc(-c2ccc(Br)cc2)nc2ccccc12. The monoisotopic (exact) mass is 313 g/mol. The highest BCUT2D eigenvalue weighted by atomic mass is 79.9. The van der Waals surface area contributed by atoms with Crippen LogP contribution in [-0.4, -0.2) is 12.1 Å². The fraction of sp³-hybridized carbons (Fsp3) is 0.0625. The Bertz CT molecular complexity index is 722. The van der Waals surface area contributed by atoms with Crippen molar-refractivity contribution in [3.05, 3.63) is 59.1 Å². The molecule has 0 radical (unpaired) electrons. The Hall–Kier alpha value is -1.87. The maximum absolute atomic E-state index is 5.46.